The molecule has 2 aromatic heterocycles. The molecule has 21 heavy (non-hydrogen) atoms. The van der Waals surface area contributed by atoms with E-state index in [-0.39, 0.29) is 0 Å². The molecule has 0 fully saturated rings. The lowest BCUT2D eigenvalue weighted by Crippen LogP contribution is -2.04. The fraction of sp³-hybridized carbons (Fsp3) is 0.188. The van der Waals surface area contributed by atoms with E-state index in [2.05, 4.69) is 32.5 Å². The first-order valence-electron chi connectivity index (χ1n) is 7.03. The first kappa shape index (κ1) is 13.3. The topological polar surface area (TPSA) is 62.7 Å². The highest BCUT2D eigenvalue weighted by Crippen LogP contribution is 2.23. The van der Waals surface area contributed by atoms with Crippen LogP contribution in [0.25, 0.3) is 10.9 Å². The van der Waals surface area contributed by atoms with Crippen molar-refractivity contribution in [2.75, 3.05) is 17.2 Å². The van der Waals surface area contributed by atoms with Gasteiger partial charge in [0, 0.05) is 18.1 Å². The van der Waals surface area contributed by atoms with Crippen molar-refractivity contribution in [2.24, 2.45) is 0 Å². The number of nitrogens with zero attached hydrogens (tertiary/aromatic N) is 3. The van der Waals surface area contributed by atoms with Gasteiger partial charge >= 0.3 is 0 Å². The summed E-state index contributed by atoms with van der Waals surface area (Å²) in [5.74, 6) is 1.48. The summed E-state index contributed by atoms with van der Waals surface area (Å²) in [5, 5.41) is 7.61. The summed E-state index contributed by atoms with van der Waals surface area (Å²) < 4.78 is 0. The van der Waals surface area contributed by atoms with Gasteiger partial charge in [-0.3, -0.25) is 9.97 Å². The molecule has 2 N–H and O–H groups in total. The average molecular weight is 279 g/mol. The minimum Gasteiger partial charge on any atom is -0.369 e. The molecular weight excluding hydrogens is 262 g/mol. The van der Waals surface area contributed by atoms with Crippen molar-refractivity contribution in [3.8, 4) is 0 Å². The van der Waals surface area contributed by atoms with Gasteiger partial charge in [-0.2, -0.15) is 0 Å². The molecule has 0 atom stereocenters. The van der Waals surface area contributed by atoms with Crippen molar-refractivity contribution in [1.82, 2.24) is 15.0 Å². The molecule has 0 amide bonds. The molecule has 0 spiro atoms. The Morgan fingerprint density at radius 1 is 1.05 bits per heavy atom. The zero-order chi connectivity index (χ0) is 14.5. The van der Waals surface area contributed by atoms with Crippen molar-refractivity contribution in [3.63, 3.8) is 0 Å². The molecular formula is C16H17N5. The molecule has 0 radical (unpaired) electrons. The first-order chi connectivity index (χ1) is 10.4. The second-order valence-electron chi connectivity index (χ2n) is 4.72. The predicted molar refractivity (Wildman–Crippen MR) is 85.8 cm³/mol. The molecule has 0 aliphatic heterocycles. The van der Waals surface area contributed by atoms with Crippen LogP contribution < -0.4 is 10.6 Å². The highest BCUT2D eigenvalue weighted by Gasteiger charge is 2.04. The lowest BCUT2D eigenvalue weighted by molar-refractivity contribution is 0.965. The number of fused-ring (bicyclic) bond motifs is 1. The Kier molecular flexibility index (Phi) is 3.91. The maximum Gasteiger partial charge on any atom is 0.151 e. The number of pyridine rings is 1. The Labute approximate surface area is 123 Å². The van der Waals surface area contributed by atoms with Crippen molar-refractivity contribution >= 4 is 28.2 Å². The third-order valence-electron chi connectivity index (χ3n) is 3.09. The van der Waals surface area contributed by atoms with Gasteiger partial charge in [0.15, 0.2) is 5.82 Å². The summed E-state index contributed by atoms with van der Waals surface area (Å²) >= 11 is 0. The summed E-state index contributed by atoms with van der Waals surface area (Å²) in [6.45, 7) is 3.00. The molecule has 0 unspecified atom stereocenters. The number of para-hydroxylation sites is 1. The van der Waals surface area contributed by atoms with Crippen LogP contribution >= 0.6 is 0 Å². The number of aromatic nitrogens is 3. The Morgan fingerprint density at radius 3 is 2.81 bits per heavy atom. The Hall–Kier alpha value is -2.69. The third-order valence-corrected chi connectivity index (χ3v) is 3.09. The minimum absolute atomic E-state index is 0.703. The lowest BCUT2D eigenvalue weighted by atomic mass is 10.2. The van der Waals surface area contributed by atoms with Crippen LogP contribution in [0.3, 0.4) is 0 Å². The van der Waals surface area contributed by atoms with Gasteiger partial charge in [0.25, 0.3) is 0 Å². The minimum atomic E-state index is 0.703. The lowest BCUT2D eigenvalue weighted by Gasteiger charge is -2.09. The molecule has 3 aromatic rings. The summed E-state index contributed by atoms with van der Waals surface area (Å²) in [5.41, 5.74) is 1.85. The van der Waals surface area contributed by atoms with E-state index in [1.54, 1.807) is 18.6 Å². The van der Waals surface area contributed by atoms with Crippen LogP contribution in [0.5, 0.6) is 0 Å². The molecule has 1 aromatic carbocycles. The molecule has 5 nitrogen and oxygen atoms in total. The highest BCUT2D eigenvalue weighted by molar-refractivity contribution is 5.91. The van der Waals surface area contributed by atoms with Crippen LogP contribution in [0, 0.1) is 0 Å². The summed E-state index contributed by atoms with van der Waals surface area (Å²) in [6, 6.07) is 10.0. The normalized spacial score (nSPS) is 10.5. The molecule has 0 aliphatic rings. The number of hydrogen-bond acceptors (Lipinski definition) is 5. The van der Waals surface area contributed by atoms with Crippen molar-refractivity contribution in [2.45, 2.75) is 13.3 Å². The van der Waals surface area contributed by atoms with E-state index >= 15 is 0 Å². The van der Waals surface area contributed by atoms with Crippen molar-refractivity contribution < 1.29 is 0 Å². The number of rotatable bonds is 5. The molecule has 2 heterocycles. The summed E-state index contributed by atoms with van der Waals surface area (Å²) in [7, 11) is 0. The van der Waals surface area contributed by atoms with E-state index in [1.165, 1.54) is 0 Å². The van der Waals surface area contributed by atoms with Gasteiger partial charge in [0.1, 0.15) is 5.82 Å². The number of anilines is 3. The fourth-order valence-electron chi connectivity index (χ4n) is 2.11. The highest BCUT2D eigenvalue weighted by atomic mass is 15.1. The van der Waals surface area contributed by atoms with Gasteiger partial charge in [0.2, 0.25) is 0 Å². The molecule has 3 rings (SSSR count). The summed E-state index contributed by atoms with van der Waals surface area (Å²) in [6.07, 6.45) is 6.27. The second-order valence-corrected chi connectivity index (χ2v) is 4.72. The van der Waals surface area contributed by atoms with Crippen LogP contribution in [-0.4, -0.2) is 21.5 Å². The quantitative estimate of drug-likeness (QED) is 0.747. The molecule has 0 saturated heterocycles. The summed E-state index contributed by atoms with van der Waals surface area (Å²) in [4.78, 5) is 13.1. The number of benzene rings is 1. The largest absolute Gasteiger partial charge is 0.369 e. The van der Waals surface area contributed by atoms with Crippen LogP contribution in [0.15, 0.2) is 48.9 Å². The smallest absolute Gasteiger partial charge is 0.151 e. The SMILES string of the molecule is CCCNc1cncc(Nc2cccc3cccnc23)n1. The maximum atomic E-state index is 4.50. The Morgan fingerprint density at radius 2 is 1.90 bits per heavy atom. The zero-order valence-electron chi connectivity index (χ0n) is 11.9. The van der Waals surface area contributed by atoms with E-state index in [4.69, 9.17) is 0 Å². The first-order valence-corrected chi connectivity index (χ1v) is 7.03. The van der Waals surface area contributed by atoms with E-state index in [0.717, 1.165) is 35.4 Å². The maximum absolute atomic E-state index is 4.50. The van der Waals surface area contributed by atoms with E-state index in [9.17, 15) is 0 Å². The monoisotopic (exact) mass is 279 g/mol. The van der Waals surface area contributed by atoms with E-state index < -0.39 is 0 Å². The van der Waals surface area contributed by atoms with Gasteiger partial charge in [-0.05, 0) is 18.6 Å². The van der Waals surface area contributed by atoms with Gasteiger partial charge in [0.05, 0.1) is 23.6 Å². The predicted octanol–water partition coefficient (Wildman–Crippen LogP) is 3.59. The van der Waals surface area contributed by atoms with Crippen LogP contribution in [0.1, 0.15) is 13.3 Å². The van der Waals surface area contributed by atoms with Gasteiger partial charge < -0.3 is 10.6 Å². The molecule has 106 valence electrons. The van der Waals surface area contributed by atoms with Crippen molar-refractivity contribution in [1.29, 1.82) is 0 Å². The van der Waals surface area contributed by atoms with Gasteiger partial charge in [-0.15, -0.1) is 0 Å². The van der Waals surface area contributed by atoms with Gasteiger partial charge in [-0.1, -0.05) is 25.1 Å². The Bertz CT molecular complexity index is 736. The number of nitrogens with one attached hydrogen (secondary N) is 2. The molecule has 0 aliphatic carbocycles. The van der Waals surface area contributed by atoms with Crippen molar-refractivity contribution in [3.05, 3.63) is 48.9 Å². The molecule has 5 heteroatoms. The zero-order valence-corrected chi connectivity index (χ0v) is 11.9. The van der Waals surface area contributed by atoms with Crippen LogP contribution in [0.4, 0.5) is 17.3 Å². The number of hydrogen-bond donors (Lipinski definition) is 2. The van der Waals surface area contributed by atoms with Gasteiger partial charge in [-0.25, -0.2) is 4.98 Å². The third kappa shape index (κ3) is 3.08. The second kappa shape index (κ2) is 6.17. The average Bonchev–Trinajstić information content (AvgIpc) is 2.54. The van der Waals surface area contributed by atoms with E-state index in [0.29, 0.717) is 5.82 Å². The van der Waals surface area contributed by atoms with Crippen LogP contribution in [-0.2, 0) is 0 Å². The standard InChI is InChI=1S/C16H17N5/c1-2-8-18-14-10-17-11-15(21-14)20-13-7-3-5-12-6-4-9-19-16(12)13/h3-7,9-11H,2,8H2,1H3,(H2,18,20,21). The van der Waals surface area contributed by atoms with Crippen LogP contribution in [0.2, 0.25) is 0 Å². The fourth-order valence-corrected chi connectivity index (χ4v) is 2.11. The molecule has 0 bridgehead atoms. The molecule has 0 saturated carbocycles. The van der Waals surface area contributed by atoms with E-state index in [1.807, 2.05) is 30.3 Å². The Balaban J connectivity index is 1.88.